The van der Waals surface area contributed by atoms with Gasteiger partial charge >= 0.3 is 0 Å². The predicted octanol–water partition coefficient (Wildman–Crippen LogP) is 1.23. The molecular weight excluding hydrogens is 252 g/mol. The van der Waals surface area contributed by atoms with Gasteiger partial charge in [0.05, 0.1) is 4.90 Å². The topological polar surface area (TPSA) is 101 Å². The third-order valence-electron chi connectivity index (χ3n) is 2.42. The van der Waals surface area contributed by atoms with Crippen molar-refractivity contribution in [3.05, 3.63) is 42.2 Å². The molecule has 0 spiro atoms. The van der Waals surface area contributed by atoms with Crippen molar-refractivity contribution < 1.29 is 8.42 Å². The van der Waals surface area contributed by atoms with Crippen LogP contribution in [0.4, 0.5) is 5.95 Å². The maximum atomic E-state index is 12.1. The fraction of sp³-hybridized carbons (Fsp3) is 0.182. The third kappa shape index (κ3) is 2.69. The van der Waals surface area contributed by atoms with Gasteiger partial charge in [-0.1, -0.05) is 12.1 Å². The number of H-pyrrole nitrogens is 1. The van der Waals surface area contributed by atoms with Crippen LogP contribution in [-0.4, -0.2) is 18.4 Å². The van der Waals surface area contributed by atoms with Gasteiger partial charge in [0.15, 0.2) is 0 Å². The molecule has 6 nitrogen and oxygen atoms in total. The van der Waals surface area contributed by atoms with Crippen LogP contribution in [0.25, 0.3) is 0 Å². The van der Waals surface area contributed by atoms with Crippen molar-refractivity contribution in [2.45, 2.75) is 17.9 Å². The monoisotopic (exact) mass is 266 g/mol. The van der Waals surface area contributed by atoms with Crippen LogP contribution in [-0.2, 0) is 10.0 Å². The lowest BCUT2D eigenvalue weighted by Crippen LogP contribution is -2.15. The summed E-state index contributed by atoms with van der Waals surface area (Å²) in [5, 5.41) is 0. The zero-order chi connectivity index (χ0) is 13.2. The molecule has 1 aromatic heterocycles. The molecule has 4 N–H and O–H groups in total. The first-order valence-electron chi connectivity index (χ1n) is 5.37. The van der Waals surface area contributed by atoms with E-state index in [0.29, 0.717) is 0 Å². The molecule has 18 heavy (non-hydrogen) atoms. The molecule has 0 aliphatic carbocycles. The van der Waals surface area contributed by atoms with Gasteiger partial charge in [0.25, 0.3) is 10.0 Å². The molecule has 1 unspecified atom stereocenters. The van der Waals surface area contributed by atoms with E-state index in [1.165, 1.54) is 18.5 Å². The van der Waals surface area contributed by atoms with E-state index in [1.807, 2.05) is 0 Å². The van der Waals surface area contributed by atoms with Crippen LogP contribution >= 0.6 is 0 Å². The molecule has 2 rings (SSSR count). The van der Waals surface area contributed by atoms with Gasteiger partial charge in [0.2, 0.25) is 5.95 Å². The molecule has 1 heterocycles. The number of hydrogen-bond donors (Lipinski definition) is 3. The number of rotatable bonds is 4. The quantitative estimate of drug-likeness (QED) is 0.774. The van der Waals surface area contributed by atoms with Gasteiger partial charge in [-0.15, -0.1) is 0 Å². The van der Waals surface area contributed by atoms with Gasteiger partial charge in [-0.3, -0.25) is 0 Å². The molecule has 0 aliphatic heterocycles. The Kier molecular flexibility index (Phi) is 3.35. The standard InChI is InChI=1S/C11H14N4O2S/c1-8(12)9-3-2-4-10(7-9)18(16,17)15-11-13-5-6-14-11/h2-8H,12H2,1H3,(H2,13,14,15). The second-order valence-corrected chi connectivity index (χ2v) is 5.59. The molecule has 0 radical (unpaired) electrons. The summed E-state index contributed by atoms with van der Waals surface area (Å²) in [6, 6.07) is 6.29. The Bertz CT molecular complexity index is 620. The Morgan fingerprint density at radius 2 is 2.22 bits per heavy atom. The molecule has 0 fully saturated rings. The van der Waals surface area contributed by atoms with Crippen molar-refractivity contribution in [1.82, 2.24) is 9.97 Å². The summed E-state index contributed by atoms with van der Waals surface area (Å²) in [6.07, 6.45) is 3.01. The van der Waals surface area contributed by atoms with Gasteiger partial charge in [-0.2, -0.15) is 0 Å². The second kappa shape index (κ2) is 4.79. The number of sulfonamides is 1. The van der Waals surface area contributed by atoms with Crippen LogP contribution in [0, 0.1) is 0 Å². The summed E-state index contributed by atoms with van der Waals surface area (Å²) >= 11 is 0. The number of nitrogens with one attached hydrogen (secondary N) is 2. The van der Waals surface area contributed by atoms with E-state index in [4.69, 9.17) is 5.73 Å². The molecule has 0 bridgehead atoms. The summed E-state index contributed by atoms with van der Waals surface area (Å²) in [5.74, 6) is 0.182. The number of aromatic amines is 1. The van der Waals surface area contributed by atoms with Crippen molar-refractivity contribution in [3.63, 3.8) is 0 Å². The average Bonchev–Trinajstić information content (AvgIpc) is 2.81. The number of hydrogen-bond acceptors (Lipinski definition) is 4. The Labute approximate surface area is 105 Å². The molecule has 0 saturated heterocycles. The fourth-order valence-electron chi connectivity index (χ4n) is 1.47. The number of aromatic nitrogens is 2. The Morgan fingerprint density at radius 3 is 2.83 bits per heavy atom. The molecule has 0 aliphatic rings. The van der Waals surface area contributed by atoms with Crippen molar-refractivity contribution in [2.75, 3.05) is 4.72 Å². The molecule has 0 amide bonds. The van der Waals surface area contributed by atoms with Crippen LogP contribution in [0.3, 0.4) is 0 Å². The number of imidazole rings is 1. The summed E-state index contributed by atoms with van der Waals surface area (Å²) in [6.45, 7) is 1.80. The maximum Gasteiger partial charge on any atom is 0.264 e. The highest BCUT2D eigenvalue weighted by molar-refractivity contribution is 7.92. The van der Waals surface area contributed by atoms with Crippen molar-refractivity contribution in [3.8, 4) is 0 Å². The molecule has 2 aromatic rings. The highest BCUT2D eigenvalue weighted by Gasteiger charge is 2.16. The van der Waals surface area contributed by atoms with Crippen molar-refractivity contribution in [1.29, 1.82) is 0 Å². The lowest BCUT2D eigenvalue weighted by Gasteiger charge is -2.09. The first-order valence-corrected chi connectivity index (χ1v) is 6.85. The van der Waals surface area contributed by atoms with Gasteiger partial charge < -0.3 is 10.7 Å². The third-order valence-corrected chi connectivity index (χ3v) is 3.76. The highest BCUT2D eigenvalue weighted by atomic mass is 32.2. The van der Waals surface area contributed by atoms with Crippen LogP contribution in [0.1, 0.15) is 18.5 Å². The van der Waals surface area contributed by atoms with Crippen LogP contribution in [0.5, 0.6) is 0 Å². The first-order chi connectivity index (χ1) is 8.49. The van der Waals surface area contributed by atoms with E-state index in [9.17, 15) is 8.42 Å². The van der Waals surface area contributed by atoms with E-state index >= 15 is 0 Å². The number of anilines is 1. The van der Waals surface area contributed by atoms with E-state index < -0.39 is 10.0 Å². The first kappa shape index (κ1) is 12.6. The minimum atomic E-state index is -3.64. The van der Waals surface area contributed by atoms with Crippen LogP contribution in [0.2, 0.25) is 0 Å². The molecule has 1 aromatic carbocycles. The SMILES string of the molecule is CC(N)c1cccc(S(=O)(=O)Nc2ncc[nH]2)c1. The largest absolute Gasteiger partial charge is 0.330 e. The summed E-state index contributed by atoms with van der Waals surface area (Å²) in [7, 11) is -3.64. The van der Waals surface area contributed by atoms with Gasteiger partial charge in [0, 0.05) is 18.4 Å². The minimum absolute atomic E-state index is 0.161. The second-order valence-electron chi connectivity index (χ2n) is 3.90. The highest BCUT2D eigenvalue weighted by Crippen LogP contribution is 2.17. The maximum absolute atomic E-state index is 12.1. The summed E-state index contributed by atoms with van der Waals surface area (Å²) in [4.78, 5) is 6.65. The van der Waals surface area contributed by atoms with Crippen LogP contribution < -0.4 is 10.5 Å². The predicted molar refractivity (Wildman–Crippen MR) is 68.4 cm³/mol. The summed E-state index contributed by atoms with van der Waals surface area (Å²) < 4.78 is 26.5. The molecule has 96 valence electrons. The zero-order valence-electron chi connectivity index (χ0n) is 9.79. The Morgan fingerprint density at radius 1 is 1.44 bits per heavy atom. The lowest BCUT2D eigenvalue weighted by molar-refractivity contribution is 0.600. The Balaban J connectivity index is 2.32. The van der Waals surface area contributed by atoms with Gasteiger partial charge in [0.1, 0.15) is 0 Å². The van der Waals surface area contributed by atoms with E-state index in [2.05, 4.69) is 14.7 Å². The molecule has 0 saturated carbocycles. The smallest absolute Gasteiger partial charge is 0.264 e. The number of nitrogens with zero attached hydrogens (tertiary/aromatic N) is 1. The van der Waals surface area contributed by atoms with Gasteiger partial charge in [-0.05, 0) is 24.6 Å². The molecule has 1 atom stereocenters. The van der Waals surface area contributed by atoms with E-state index in [1.54, 1.807) is 25.1 Å². The van der Waals surface area contributed by atoms with Crippen LogP contribution in [0.15, 0.2) is 41.6 Å². The van der Waals surface area contributed by atoms with E-state index in [0.717, 1.165) is 5.56 Å². The number of benzene rings is 1. The van der Waals surface area contributed by atoms with E-state index in [-0.39, 0.29) is 16.9 Å². The van der Waals surface area contributed by atoms with Crippen molar-refractivity contribution in [2.24, 2.45) is 5.73 Å². The summed E-state index contributed by atoms with van der Waals surface area (Å²) in [5.41, 5.74) is 6.49. The zero-order valence-corrected chi connectivity index (χ0v) is 10.6. The molecular formula is C11H14N4O2S. The fourth-order valence-corrected chi connectivity index (χ4v) is 2.51. The minimum Gasteiger partial charge on any atom is -0.330 e. The normalized spacial score (nSPS) is 13.2. The van der Waals surface area contributed by atoms with Gasteiger partial charge in [-0.25, -0.2) is 18.1 Å². The molecule has 7 heteroatoms. The van der Waals surface area contributed by atoms with Crippen molar-refractivity contribution >= 4 is 16.0 Å². The lowest BCUT2D eigenvalue weighted by atomic mass is 10.1. The number of nitrogens with two attached hydrogens (primary N) is 1. The Hall–Kier alpha value is -1.86. The average molecular weight is 266 g/mol.